The molecule has 0 atom stereocenters. The molecule has 2 aliphatic heterocycles. The van der Waals surface area contributed by atoms with E-state index in [9.17, 15) is 51.9 Å². The summed E-state index contributed by atoms with van der Waals surface area (Å²) in [5.74, 6) is -1.45. The largest absolute Gasteiger partial charge is 1.00 e. The molecule has 2 aromatic carbocycles. The van der Waals surface area contributed by atoms with Gasteiger partial charge in [0.05, 0.1) is 46.1 Å². The van der Waals surface area contributed by atoms with Crippen LogP contribution in [0.25, 0.3) is 0 Å². The quantitative estimate of drug-likeness (QED) is 0.0638. The van der Waals surface area contributed by atoms with E-state index in [0.29, 0.717) is 46.6 Å². The molecule has 0 saturated heterocycles. The number of fused-ring (bicyclic) bond motifs is 2. The van der Waals surface area contributed by atoms with E-state index in [0.717, 1.165) is 0 Å². The molecule has 284 valence electrons. The maximum absolute atomic E-state index is 11.9. The minimum Gasteiger partial charge on any atom is -0.748 e. The Labute approximate surface area is 416 Å². The van der Waals surface area contributed by atoms with E-state index >= 15 is 0 Å². The molecule has 4 rings (SSSR count). The molecule has 14 nitrogen and oxygen atoms in total. The number of allylic oxidation sites excluding steroid dienone is 8. The van der Waals surface area contributed by atoms with Crippen molar-refractivity contribution in [1.29, 1.82) is 0 Å². The molecule has 0 radical (unpaired) electrons. The van der Waals surface area contributed by atoms with Crippen molar-refractivity contribution in [2.75, 3.05) is 29.5 Å². The van der Waals surface area contributed by atoms with Crippen LogP contribution in [-0.4, -0.2) is 86.8 Å². The Hall–Kier alpha value is 0.970. The van der Waals surface area contributed by atoms with Gasteiger partial charge in [-0.3, -0.25) is 0 Å². The summed E-state index contributed by atoms with van der Waals surface area (Å²) in [6.45, 7) is 8.44. The van der Waals surface area contributed by atoms with Gasteiger partial charge in [-0.1, -0.05) is 43.7 Å². The summed E-state index contributed by atoms with van der Waals surface area (Å²) in [5.41, 5.74) is 1.88. The third-order valence-corrected chi connectivity index (χ3v) is 13.4. The average Bonchev–Trinajstić information content (AvgIpc) is 3.32. The Kier molecular flexibility index (Phi) is 19.4. The van der Waals surface area contributed by atoms with Crippen LogP contribution in [0.3, 0.4) is 0 Å². The third kappa shape index (κ3) is 13.0. The number of hydrogen-bond donors (Lipinski definition) is 0. The van der Waals surface area contributed by atoms with Crippen LogP contribution in [-0.2, 0) is 51.3 Å². The van der Waals surface area contributed by atoms with Crippen molar-refractivity contribution in [2.24, 2.45) is 0 Å². The van der Waals surface area contributed by atoms with Crippen LogP contribution < -0.4 is 93.6 Å². The Morgan fingerprint density at radius 2 is 1.33 bits per heavy atom. The van der Waals surface area contributed by atoms with Gasteiger partial charge in [-0.05, 0) is 102 Å². The molecule has 0 spiro atoms. The summed E-state index contributed by atoms with van der Waals surface area (Å²) in [6.07, 6.45) is 10.2. The first kappa shape index (κ1) is 54.0. The van der Waals surface area contributed by atoms with Crippen LogP contribution in [0.1, 0.15) is 45.7 Å². The maximum Gasteiger partial charge on any atom is 1.00 e. The molecule has 0 aromatic heterocycles. The zero-order chi connectivity index (χ0) is 39.4. The maximum atomic E-state index is 11.9. The first-order valence-electron chi connectivity index (χ1n) is 15.2. The minimum absolute atomic E-state index is 0. The fraction of sp³-hybridized carbons (Fsp3) is 0.344. The van der Waals surface area contributed by atoms with Crippen LogP contribution in [0.2, 0.25) is 0 Å². The van der Waals surface area contributed by atoms with Gasteiger partial charge in [0.15, 0.2) is 12.3 Å². The molecular weight excluding hydrogens is 1060 g/mol. The molecule has 0 amide bonds. The summed E-state index contributed by atoms with van der Waals surface area (Å²) >= 11 is 3.73. The molecule has 0 unspecified atom stereocenters. The summed E-state index contributed by atoms with van der Waals surface area (Å²) in [7, 11) is -18.8. The molecule has 2 heterocycles. The van der Waals surface area contributed by atoms with Crippen LogP contribution in [0.15, 0.2) is 81.8 Å². The van der Waals surface area contributed by atoms with E-state index in [1.807, 2.05) is 45.2 Å². The van der Waals surface area contributed by atoms with E-state index in [-0.39, 0.29) is 102 Å². The number of benzene rings is 2. The smallest absolute Gasteiger partial charge is 0.748 e. The summed E-state index contributed by atoms with van der Waals surface area (Å²) < 4.78 is 143. The topological polar surface area (TPSA) is 235 Å². The van der Waals surface area contributed by atoms with E-state index in [2.05, 4.69) is 0 Å². The van der Waals surface area contributed by atoms with Crippen molar-refractivity contribution >= 4 is 103 Å². The van der Waals surface area contributed by atoms with Gasteiger partial charge in [0.1, 0.15) is 30.4 Å². The number of halogens is 2. The third-order valence-electron chi connectivity index (χ3n) is 8.76. The van der Waals surface area contributed by atoms with Crippen molar-refractivity contribution in [3.8, 4) is 0 Å². The molecule has 0 N–H and O–H groups in total. The van der Waals surface area contributed by atoms with Crippen molar-refractivity contribution in [3.63, 3.8) is 0 Å². The number of hydrogen-bond acceptors (Lipinski definition) is 13. The van der Waals surface area contributed by atoms with Gasteiger partial charge in [-0.2, -0.15) is 4.58 Å². The predicted octanol–water partition coefficient (Wildman–Crippen LogP) is -5.08. The molecule has 0 saturated carbocycles. The van der Waals surface area contributed by atoms with E-state index in [1.54, 1.807) is 80.6 Å². The van der Waals surface area contributed by atoms with Crippen LogP contribution in [0.5, 0.6) is 0 Å². The van der Waals surface area contributed by atoms with Crippen LogP contribution >= 0.6 is 45.2 Å². The summed E-state index contributed by atoms with van der Waals surface area (Å²) in [6, 6.07) is 4.92. The van der Waals surface area contributed by atoms with Crippen LogP contribution in [0, 0.1) is 7.14 Å². The van der Waals surface area contributed by atoms with Crippen molar-refractivity contribution in [1.82, 2.24) is 0 Å². The molecule has 55 heavy (non-hydrogen) atoms. The van der Waals surface area contributed by atoms with Gasteiger partial charge in [-0.25, -0.2) is 33.7 Å². The SMILES string of the molecule is CC(/C=C/C=C1/N(CCS(=O)(=O)[O-])c2c([131I])cc(S(=O)(=O)[O-])cc2C1(C)C)=C\C=C\C1=[N+](CCS(=O)(=O)[O-])c2c([125I])cc(S(=O)(=O)[O-])cc2C1(C)C.[Na+].[Na+].[Na+]. The van der Waals surface area contributed by atoms with E-state index in [1.165, 1.54) is 24.3 Å². The van der Waals surface area contributed by atoms with Gasteiger partial charge < -0.3 is 23.1 Å². The van der Waals surface area contributed by atoms with E-state index in [4.69, 9.17) is 0 Å². The van der Waals surface area contributed by atoms with E-state index < -0.39 is 72.6 Å². The molecule has 0 bridgehead atoms. The Morgan fingerprint density at radius 3 is 1.85 bits per heavy atom. The average molecular weight is 1090 g/mol. The van der Waals surface area contributed by atoms with Gasteiger partial charge in [0.2, 0.25) is 5.69 Å². The number of anilines is 1. The zero-order valence-electron chi connectivity index (χ0n) is 31.3. The minimum atomic E-state index is -4.81. The Bertz CT molecular complexity index is 2460. The predicted molar refractivity (Wildman–Crippen MR) is 207 cm³/mol. The second kappa shape index (κ2) is 19.8. The first-order chi connectivity index (χ1) is 23.6. The monoisotopic (exact) mass is 1090 g/mol. The van der Waals surface area contributed by atoms with Crippen molar-refractivity contribution in [2.45, 2.75) is 55.2 Å². The van der Waals surface area contributed by atoms with Gasteiger partial charge >= 0.3 is 88.7 Å². The Morgan fingerprint density at radius 1 is 0.800 bits per heavy atom. The van der Waals surface area contributed by atoms with Crippen LogP contribution in [0.4, 0.5) is 11.4 Å². The van der Waals surface area contributed by atoms with Crippen molar-refractivity contribution in [3.05, 3.63) is 90.3 Å². The fourth-order valence-electron chi connectivity index (χ4n) is 6.24. The second-order valence-electron chi connectivity index (χ2n) is 13.2. The molecule has 2 aliphatic rings. The number of nitrogens with zero attached hydrogens (tertiary/aromatic N) is 2. The summed E-state index contributed by atoms with van der Waals surface area (Å²) in [5, 5.41) is 0. The molecular formula is C32H33I2N2Na3O12S4. The summed E-state index contributed by atoms with van der Waals surface area (Å²) in [4.78, 5) is 0.745. The Balaban J connectivity index is 0.00000504. The molecule has 0 fully saturated rings. The standard InChI is InChI=1S/C32H36I2N2O12S4.3Na/c1-20(8-6-10-27-31(2,3)23-16-21(51(43,44)45)18-25(33)29(23)35(27)12-14-49(37,38)39)9-7-11-28-32(4,5)24-17-22(52(46,47)48)19-26(34)30(24)36(28)13-15-50(40,41)42;;;/h6-11,16-19H,12-15H2,1-5H3,(H3-,37,38,39,40,41,42,43,44,45,46,47,48);;;/q;3*+1/p-3/i33-2,34+4;;;. The first-order valence-corrected chi connectivity index (χ1v) is 23.3. The van der Waals surface area contributed by atoms with Gasteiger partial charge in [0, 0.05) is 32.9 Å². The zero-order valence-corrected chi connectivity index (χ0v) is 44.9. The fourth-order valence-corrected chi connectivity index (χ4v) is 10.4. The second-order valence-corrected chi connectivity index (χ2v) is 21.3. The van der Waals surface area contributed by atoms with Gasteiger partial charge in [0.25, 0.3) is 0 Å². The van der Waals surface area contributed by atoms with Gasteiger partial charge in [-0.15, -0.1) is 0 Å². The molecule has 0 aliphatic carbocycles. The molecule has 2 aromatic rings. The number of rotatable bonds is 12. The normalized spacial score (nSPS) is 17.6. The molecule has 23 heteroatoms. The van der Waals surface area contributed by atoms with Crippen molar-refractivity contribution < 1.29 is 145 Å².